The molecule has 0 spiro atoms. The van der Waals surface area contributed by atoms with Crippen molar-refractivity contribution in [2.75, 3.05) is 26.9 Å². The fraction of sp³-hybridized carbons (Fsp3) is 0.562. The normalized spacial score (nSPS) is 13.0. The smallest absolute Gasteiger partial charge is 0.251 e. The van der Waals surface area contributed by atoms with Crippen molar-refractivity contribution in [3.63, 3.8) is 0 Å². The standard InChI is InChI=1S/C16H24N2O4.ClH/c1-4-16(17,5-2)10-18-15(19)11-8-12(20-3)14-13(9-11)21-6-7-22-14;/h8-9H,4-7,10,17H2,1-3H3,(H,18,19);1H. The Morgan fingerprint density at radius 2 is 1.96 bits per heavy atom. The second-order valence-corrected chi connectivity index (χ2v) is 5.45. The molecule has 3 N–H and O–H groups in total. The van der Waals surface area contributed by atoms with Crippen molar-refractivity contribution < 1.29 is 19.0 Å². The van der Waals surface area contributed by atoms with Crippen LogP contribution in [-0.4, -0.2) is 38.3 Å². The third-order valence-electron chi connectivity index (χ3n) is 4.10. The number of nitrogens with two attached hydrogens (primary N) is 1. The van der Waals surface area contributed by atoms with E-state index >= 15 is 0 Å². The molecule has 0 radical (unpaired) electrons. The summed E-state index contributed by atoms with van der Waals surface area (Å²) in [7, 11) is 1.54. The zero-order valence-electron chi connectivity index (χ0n) is 13.8. The fourth-order valence-corrected chi connectivity index (χ4v) is 2.26. The molecule has 2 rings (SSSR count). The lowest BCUT2D eigenvalue weighted by Crippen LogP contribution is -2.49. The van der Waals surface area contributed by atoms with Gasteiger partial charge >= 0.3 is 0 Å². The number of ether oxygens (including phenoxy) is 3. The Hall–Kier alpha value is -1.66. The minimum atomic E-state index is -0.381. The van der Waals surface area contributed by atoms with E-state index in [0.29, 0.717) is 42.6 Å². The number of rotatable bonds is 6. The maximum Gasteiger partial charge on any atom is 0.251 e. The highest BCUT2D eigenvalue weighted by Crippen LogP contribution is 2.40. The maximum atomic E-state index is 12.4. The van der Waals surface area contributed by atoms with E-state index in [2.05, 4.69) is 5.32 Å². The van der Waals surface area contributed by atoms with Gasteiger partial charge in [0, 0.05) is 17.6 Å². The molecule has 0 unspecified atom stereocenters. The number of hydrogen-bond acceptors (Lipinski definition) is 5. The van der Waals surface area contributed by atoms with Crippen molar-refractivity contribution in [1.29, 1.82) is 0 Å². The Labute approximate surface area is 143 Å². The molecule has 0 saturated carbocycles. The topological polar surface area (TPSA) is 82.8 Å². The molecular formula is C16H25ClN2O4. The number of fused-ring (bicyclic) bond motifs is 1. The van der Waals surface area contributed by atoms with Gasteiger partial charge in [0.1, 0.15) is 13.2 Å². The summed E-state index contributed by atoms with van der Waals surface area (Å²) in [4.78, 5) is 12.4. The third-order valence-corrected chi connectivity index (χ3v) is 4.10. The van der Waals surface area contributed by atoms with Gasteiger partial charge in [-0.3, -0.25) is 4.79 Å². The lowest BCUT2D eigenvalue weighted by atomic mass is 9.94. The van der Waals surface area contributed by atoms with Crippen LogP contribution in [0.5, 0.6) is 17.2 Å². The van der Waals surface area contributed by atoms with Crippen LogP contribution in [0.15, 0.2) is 12.1 Å². The molecule has 1 aromatic rings. The molecule has 7 heteroatoms. The molecule has 0 aliphatic carbocycles. The molecule has 6 nitrogen and oxygen atoms in total. The molecule has 0 atom stereocenters. The minimum Gasteiger partial charge on any atom is -0.493 e. The monoisotopic (exact) mass is 344 g/mol. The van der Waals surface area contributed by atoms with E-state index in [9.17, 15) is 4.79 Å². The Kier molecular flexibility index (Phi) is 6.97. The van der Waals surface area contributed by atoms with Crippen molar-refractivity contribution in [3.8, 4) is 17.2 Å². The second-order valence-electron chi connectivity index (χ2n) is 5.45. The third kappa shape index (κ3) is 4.42. The van der Waals surface area contributed by atoms with Gasteiger partial charge in [-0.15, -0.1) is 12.4 Å². The first-order chi connectivity index (χ1) is 10.5. The Bertz CT molecular complexity index is 530. The number of carbonyl (C=O) groups is 1. The van der Waals surface area contributed by atoms with E-state index in [4.69, 9.17) is 19.9 Å². The van der Waals surface area contributed by atoms with Gasteiger partial charge in [0.2, 0.25) is 5.75 Å². The highest BCUT2D eigenvalue weighted by atomic mass is 35.5. The number of amides is 1. The highest BCUT2D eigenvalue weighted by molar-refractivity contribution is 5.95. The van der Waals surface area contributed by atoms with Crippen LogP contribution < -0.4 is 25.3 Å². The van der Waals surface area contributed by atoms with Crippen molar-refractivity contribution in [2.24, 2.45) is 5.73 Å². The van der Waals surface area contributed by atoms with Gasteiger partial charge in [-0.1, -0.05) is 13.8 Å². The number of methoxy groups -OCH3 is 1. The van der Waals surface area contributed by atoms with Crippen LogP contribution >= 0.6 is 12.4 Å². The van der Waals surface area contributed by atoms with Crippen LogP contribution in [0.2, 0.25) is 0 Å². The average Bonchev–Trinajstić information content (AvgIpc) is 2.58. The van der Waals surface area contributed by atoms with Crippen molar-refractivity contribution in [1.82, 2.24) is 5.32 Å². The Balaban J connectivity index is 0.00000264. The molecular weight excluding hydrogens is 320 g/mol. The molecule has 1 aliphatic heterocycles. The summed E-state index contributed by atoms with van der Waals surface area (Å²) in [6.07, 6.45) is 1.60. The largest absolute Gasteiger partial charge is 0.493 e. The summed E-state index contributed by atoms with van der Waals surface area (Å²) in [5.74, 6) is 1.36. The van der Waals surface area contributed by atoms with Gasteiger partial charge in [0.05, 0.1) is 7.11 Å². The van der Waals surface area contributed by atoms with Crippen LogP contribution in [0.4, 0.5) is 0 Å². The molecule has 0 saturated heterocycles. The van der Waals surface area contributed by atoms with E-state index in [0.717, 1.165) is 12.8 Å². The summed E-state index contributed by atoms with van der Waals surface area (Å²) in [5.41, 5.74) is 6.29. The zero-order valence-corrected chi connectivity index (χ0v) is 14.6. The van der Waals surface area contributed by atoms with Crippen molar-refractivity contribution in [2.45, 2.75) is 32.2 Å². The number of halogens is 1. The summed E-state index contributed by atoms with van der Waals surface area (Å²) >= 11 is 0. The zero-order chi connectivity index (χ0) is 16.2. The van der Waals surface area contributed by atoms with E-state index in [1.54, 1.807) is 12.1 Å². The van der Waals surface area contributed by atoms with Gasteiger partial charge in [-0.25, -0.2) is 0 Å². The molecule has 1 aromatic carbocycles. The predicted molar refractivity (Wildman–Crippen MR) is 91.1 cm³/mol. The van der Waals surface area contributed by atoms with Gasteiger partial charge < -0.3 is 25.3 Å². The van der Waals surface area contributed by atoms with E-state index < -0.39 is 0 Å². The molecule has 1 aliphatic rings. The average molecular weight is 345 g/mol. The molecule has 130 valence electrons. The lowest BCUT2D eigenvalue weighted by molar-refractivity contribution is 0.0940. The van der Waals surface area contributed by atoms with Crippen molar-refractivity contribution >= 4 is 18.3 Å². The lowest BCUT2D eigenvalue weighted by Gasteiger charge is -2.27. The number of carbonyl (C=O) groups excluding carboxylic acids is 1. The van der Waals surface area contributed by atoms with Crippen LogP contribution in [0.1, 0.15) is 37.0 Å². The van der Waals surface area contributed by atoms with Gasteiger partial charge in [-0.2, -0.15) is 0 Å². The first-order valence-corrected chi connectivity index (χ1v) is 7.57. The quantitative estimate of drug-likeness (QED) is 0.826. The molecule has 1 amide bonds. The molecule has 0 aromatic heterocycles. The number of hydrogen-bond donors (Lipinski definition) is 2. The highest BCUT2D eigenvalue weighted by Gasteiger charge is 2.24. The van der Waals surface area contributed by atoms with Crippen LogP contribution in [0.25, 0.3) is 0 Å². The summed E-state index contributed by atoms with van der Waals surface area (Å²) in [6.45, 7) is 5.39. The van der Waals surface area contributed by atoms with Crippen LogP contribution in [-0.2, 0) is 0 Å². The first-order valence-electron chi connectivity index (χ1n) is 7.57. The Morgan fingerprint density at radius 3 is 2.57 bits per heavy atom. The summed E-state index contributed by atoms with van der Waals surface area (Å²) in [6, 6.07) is 3.32. The summed E-state index contributed by atoms with van der Waals surface area (Å²) in [5, 5.41) is 2.88. The SMILES string of the molecule is CCC(N)(CC)CNC(=O)c1cc(OC)c2c(c1)OCCO2.Cl. The predicted octanol–water partition coefficient (Wildman–Crippen LogP) is 2.14. The Morgan fingerprint density at radius 1 is 1.30 bits per heavy atom. The minimum absolute atomic E-state index is 0. The maximum absolute atomic E-state index is 12.4. The van der Waals surface area contributed by atoms with Gasteiger partial charge in [0.15, 0.2) is 11.5 Å². The molecule has 1 heterocycles. The number of nitrogens with one attached hydrogen (secondary N) is 1. The fourth-order valence-electron chi connectivity index (χ4n) is 2.26. The molecule has 23 heavy (non-hydrogen) atoms. The van der Waals surface area contributed by atoms with Crippen molar-refractivity contribution in [3.05, 3.63) is 17.7 Å². The first kappa shape index (κ1) is 19.4. The molecule has 0 bridgehead atoms. The summed E-state index contributed by atoms with van der Waals surface area (Å²) < 4.78 is 16.3. The number of benzene rings is 1. The van der Waals surface area contributed by atoms with Gasteiger partial charge in [0.25, 0.3) is 5.91 Å². The van der Waals surface area contributed by atoms with Crippen LogP contribution in [0, 0.1) is 0 Å². The second kappa shape index (κ2) is 8.26. The van der Waals surface area contributed by atoms with E-state index in [1.807, 2.05) is 13.8 Å². The van der Waals surface area contributed by atoms with E-state index in [-0.39, 0.29) is 23.9 Å². The van der Waals surface area contributed by atoms with Gasteiger partial charge in [-0.05, 0) is 25.0 Å². The van der Waals surface area contributed by atoms with Crippen LogP contribution in [0.3, 0.4) is 0 Å². The molecule has 0 fully saturated rings. The van der Waals surface area contributed by atoms with E-state index in [1.165, 1.54) is 7.11 Å².